The van der Waals surface area contributed by atoms with Crippen molar-refractivity contribution in [3.63, 3.8) is 0 Å². The Morgan fingerprint density at radius 1 is 1.35 bits per heavy atom. The van der Waals surface area contributed by atoms with Crippen molar-refractivity contribution in [2.75, 3.05) is 19.6 Å². The third-order valence-corrected chi connectivity index (χ3v) is 3.84. The number of hydrogen-bond acceptors (Lipinski definition) is 5. The van der Waals surface area contributed by atoms with Gasteiger partial charge in [-0.3, -0.25) is 4.90 Å². The number of nitrogens with one attached hydrogen (secondary N) is 1. The molecule has 1 fully saturated rings. The van der Waals surface area contributed by atoms with Crippen molar-refractivity contribution in [1.29, 1.82) is 0 Å². The van der Waals surface area contributed by atoms with Gasteiger partial charge in [0.05, 0.1) is 6.54 Å². The van der Waals surface area contributed by atoms with E-state index in [1.807, 2.05) is 24.3 Å². The number of rotatable bonds is 5. The van der Waals surface area contributed by atoms with Crippen LogP contribution in [0, 0.1) is 0 Å². The van der Waals surface area contributed by atoms with Crippen molar-refractivity contribution in [3.05, 3.63) is 35.2 Å². The average Bonchev–Trinajstić information content (AvgIpc) is 2.85. The lowest BCUT2D eigenvalue weighted by Crippen LogP contribution is -2.56. The maximum absolute atomic E-state index is 5.87. The minimum Gasteiger partial charge on any atom is -0.338 e. The number of hydrogen-bond donors (Lipinski definition) is 1. The van der Waals surface area contributed by atoms with Gasteiger partial charge in [0, 0.05) is 29.7 Å². The highest BCUT2D eigenvalue weighted by Gasteiger charge is 2.24. The van der Waals surface area contributed by atoms with E-state index in [-0.39, 0.29) is 0 Å². The predicted molar refractivity (Wildman–Crippen MR) is 77.5 cm³/mol. The largest absolute Gasteiger partial charge is 0.338 e. The highest BCUT2D eigenvalue weighted by atomic mass is 35.5. The molecule has 106 valence electrons. The summed E-state index contributed by atoms with van der Waals surface area (Å²) in [6.45, 7) is 5.89. The molecule has 1 aliphatic heterocycles. The molecule has 0 radical (unpaired) electrons. The van der Waals surface area contributed by atoms with E-state index in [1.165, 1.54) is 0 Å². The molecule has 0 amide bonds. The van der Waals surface area contributed by atoms with Gasteiger partial charge in [-0.1, -0.05) is 23.7 Å². The Kier molecular flexibility index (Phi) is 4.00. The molecule has 0 unspecified atom stereocenters. The van der Waals surface area contributed by atoms with Gasteiger partial charge >= 0.3 is 0 Å². The van der Waals surface area contributed by atoms with Gasteiger partial charge in [0.15, 0.2) is 0 Å². The molecule has 1 saturated heterocycles. The molecular formula is C14H17ClN4O. The van der Waals surface area contributed by atoms with E-state index in [1.54, 1.807) is 0 Å². The van der Waals surface area contributed by atoms with E-state index in [4.69, 9.17) is 16.1 Å². The van der Waals surface area contributed by atoms with E-state index in [0.29, 0.717) is 29.3 Å². The van der Waals surface area contributed by atoms with Crippen LogP contribution in [0.3, 0.4) is 0 Å². The van der Waals surface area contributed by atoms with Crippen molar-refractivity contribution < 1.29 is 4.52 Å². The molecule has 0 saturated carbocycles. The molecule has 0 bridgehead atoms. The number of benzene rings is 1. The second-order valence-electron chi connectivity index (χ2n) is 4.89. The second kappa shape index (κ2) is 5.91. The SMILES string of the molecule is CCN(Cc1nc(-c2ccc(Cl)cc2)no1)C1CNC1. The van der Waals surface area contributed by atoms with Gasteiger partial charge in [0.2, 0.25) is 11.7 Å². The number of nitrogens with zero attached hydrogens (tertiary/aromatic N) is 3. The van der Waals surface area contributed by atoms with Crippen molar-refractivity contribution in [3.8, 4) is 11.4 Å². The van der Waals surface area contributed by atoms with Gasteiger partial charge in [0.1, 0.15) is 0 Å². The van der Waals surface area contributed by atoms with E-state index in [2.05, 4.69) is 27.3 Å². The Bertz CT molecular complexity index is 565. The van der Waals surface area contributed by atoms with Crippen LogP contribution >= 0.6 is 11.6 Å². The molecule has 0 atom stereocenters. The maximum Gasteiger partial charge on any atom is 0.241 e. The normalized spacial score (nSPS) is 15.6. The molecule has 0 spiro atoms. The first-order valence-corrected chi connectivity index (χ1v) is 7.17. The zero-order valence-corrected chi connectivity index (χ0v) is 12.1. The van der Waals surface area contributed by atoms with Crippen molar-refractivity contribution >= 4 is 11.6 Å². The molecule has 6 heteroatoms. The topological polar surface area (TPSA) is 54.2 Å². The van der Waals surface area contributed by atoms with Gasteiger partial charge < -0.3 is 9.84 Å². The molecule has 1 N–H and O–H groups in total. The minimum absolute atomic E-state index is 0.575. The fraction of sp³-hybridized carbons (Fsp3) is 0.429. The summed E-state index contributed by atoms with van der Waals surface area (Å²) >= 11 is 5.87. The van der Waals surface area contributed by atoms with Gasteiger partial charge in [-0.15, -0.1) is 0 Å². The van der Waals surface area contributed by atoms with Crippen molar-refractivity contribution in [2.24, 2.45) is 0 Å². The standard InChI is InChI=1S/C14H17ClN4O/c1-2-19(12-7-16-8-12)9-13-17-14(18-20-13)10-3-5-11(15)6-4-10/h3-6,12,16H,2,7-9H2,1H3. The van der Waals surface area contributed by atoms with E-state index >= 15 is 0 Å². The number of halogens is 1. The predicted octanol–water partition coefficient (Wildman–Crippen LogP) is 2.18. The van der Waals surface area contributed by atoms with Gasteiger partial charge in [0.25, 0.3) is 0 Å². The summed E-state index contributed by atoms with van der Waals surface area (Å²) < 4.78 is 5.34. The van der Waals surface area contributed by atoms with Crippen molar-refractivity contribution in [1.82, 2.24) is 20.4 Å². The molecule has 0 aliphatic carbocycles. The van der Waals surface area contributed by atoms with E-state index in [9.17, 15) is 0 Å². The summed E-state index contributed by atoms with van der Waals surface area (Å²) in [5.74, 6) is 1.27. The Morgan fingerprint density at radius 2 is 2.10 bits per heavy atom. The Hall–Kier alpha value is -1.43. The zero-order valence-electron chi connectivity index (χ0n) is 11.3. The smallest absolute Gasteiger partial charge is 0.241 e. The third-order valence-electron chi connectivity index (χ3n) is 3.59. The van der Waals surface area contributed by atoms with Crippen LogP contribution in [-0.2, 0) is 6.54 Å². The lowest BCUT2D eigenvalue weighted by Gasteiger charge is -2.36. The lowest BCUT2D eigenvalue weighted by atomic mass is 10.1. The van der Waals surface area contributed by atoms with Crippen LogP contribution in [0.4, 0.5) is 0 Å². The fourth-order valence-corrected chi connectivity index (χ4v) is 2.37. The second-order valence-corrected chi connectivity index (χ2v) is 5.33. The Balaban J connectivity index is 1.71. The minimum atomic E-state index is 0.575. The van der Waals surface area contributed by atoms with Gasteiger partial charge in [-0.25, -0.2) is 0 Å². The van der Waals surface area contributed by atoms with E-state index < -0.39 is 0 Å². The lowest BCUT2D eigenvalue weighted by molar-refractivity contribution is 0.129. The molecule has 20 heavy (non-hydrogen) atoms. The maximum atomic E-state index is 5.87. The van der Waals surface area contributed by atoms with Crippen LogP contribution in [0.2, 0.25) is 5.02 Å². The van der Waals surface area contributed by atoms with Crippen LogP contribution in [0.25, 0.3) is 11.4 Å². The van der Waals surface area contributed by atoms with Gasteiger partial charge in [-0.2, -0.15) is 4.98 Å². The van der Waals surface area contributed by atoms with Gasteiger partial charge in [-0.05, 0) is 30.8 Å². The highest BCUT2D eigenvalue weighted by Crippen LogP contribution is 2.19. The summed E-state index contributed by atoms with van der Waals surface area (Å²) in [6, 6.07) is 8.01. The average molecular weight is 293 g/mol. The summed E-state index contributed by atoms with van der Waals surface area (Å²) in [5, 5.41) is 8.01. The molecule has 2 aromatic rings. The van der Waals surface area contributed by atoms with Crippen LogP contribution in [0.15, 0.2) is 28.8 Å². The summed E-state index contributed by atoms with van der Waals surface area (Å²) in [4.78, 5) is 6.80. The van der Waals surface area contributed by atoms with Crippen LogP contribution in [0.5, 0.6) is 0 Å². The summed E-state index contributed by atoms with van der Waals surface area (Å²) in [6.07, 6.45) is 0. The molecular weight excluding hydrogens is 276 g/mol. The molecule has 1 aromatic carbocycles. The molecule has 1 aliphatic rings. The first kappa shape index (κ1) is 13.5. The quantitative estimate of drug-likeness (QED) is 0.915. The zero-order chi connectivity index (χ0) is 13.9. The van der Waals surface area contributed by atoms with E-state index in [0.717, 1.165) is 25.2 Å². The first-order valence-electron chi connectivity index (χ1n) is 6.79. The van der Waals surface area contributed by atoms with Crippen molar-refractivity contribution in [2.45, 2.75) is 19.5 Å². The molecule has 2 heterocycles. The highest BCUT2D eigenvalue weighted by molar-refractivity contribution is 6.30. The molecule has 1 aromatic heterocycles. The monoisotopic (exact) mass is 292 g/mol. The summed E-state index contributed by atoms with van der Waals surface area (Å²) in [7, 11) is 0. The fourth-order valence-electron chi connectivity index (χ4n) is 2.24. The van der Waals surface area contributed by atoms with Crippen LogP contribution < -0.4 is 5.32 Å². The first-order chi connectivity index (χ1) is 9.76. The number of aromatic nitrogens is 2. The van der Waals surface area contributed by atoms with Crippen LogP contribution in [0.1, 0.15) is 12.8 Å². The molecule has 5 nitrogen and oxygen atoms in total. The number of likely N-dealkylation sites (N-methyl/N-ethyl adjacent to an activating group) is 1. The van der Waals surface area contributed by atoms with Crippen LogP contribution in [-0.4, -0.2) is 40.7 Å². The molecule has 3 rings (SSSR count). The third kappa shape index (κ3) is 2.85. The Labute approximate surface area is 122 Å². The Morgan fingerprint density at radius 3 is 2.70 bits per heavy atom. The summed E-state index contributed by atoms with van der Waals surface area (Å²) in [5.41, 5.74) is 0.915.